The molecule has 0 aliphatic carbocycles. The van der Waals surface area contributed by atoms with Crippen LogP contribution in [0.5, 0.6) is 23.0 Å². The van der Waals surface area contributed by atoms with Gasteiger partial charge in [0.05, 0.1) is 23.1 Å². The lowest BCUT2D eigenvalue weighted by Gasteiger charge is -2.15. The van der Waals surface area contributed by atoms with E-state index in [9.17, 15) is 22.8 Å². The van der Waals surface area contributed by atoms with Crippen molar-refractivity contribution in [2.75, 3.05) is 7.11 Å². The fourth-order valence-electron chi connectivity index (χ4n) is 3.10. The van der Waals surface area contributed by atoms with Gasteiger partial charge in [-0.2, -0.15) is 13.2 Å². The Morgan fingerprint density at radius 3 is 2.32 bits per heavy atom. The fraction of sp³-hybridized carbons (Fsp3) is 0.0833. The molecule has 0 saturated heterocycles. The summed E-state index contributed by atoms with van der Waals surface area (Å²) >= 11 is 5.97. The Morgan fingerprint density at radius 2 is 1.65 bits per heavy atom. The van der Waals surface area contributed by atoms with Gasteiger partial charge in [-0.3, -0.25) is 4.79 Å². The Morgan fingerprint density at radius 1 is 0.971 bits per heavy atom. The molecular weight excluding hydrogens is 477 g/mol. The zero-order valence-electron chi connectivity index (χ0n) is 17.3. The minimum absolute atomic E-state index is 0.0576. The number of methoxy groups -OCH3 is 1. The molecule has 4 rings (SSSR count). The summed E-state index contributed by atoms with van der Waals surface area (Å²) in [6, 6.07) is 15.4. The third-order valence-corrected chi connectivity index (χ3v) is 4.99. The highest BCUT2D eigenvalue weighted by atomic mass is 35.5. The Kier molecular flexibility index (Phi) is 6.21. The molecule has 0 unspecified atom stereocenters. The largest absolute Gasteiger partial charge is 0.493 e. The summed E-state index contributed by atoms with van der Waals surface area (Å²) in [6.45, 7) is 0. The molecule has 6 nitrogen and oxygen atoms in total. The number of ether oxygens (including phenoxy) is 3. The van der Waals surface area contributed by atoms with Crippen LogP contribution in [0, 0.1) is 0 Å². The molecule has 1 heterocycles. The first-order valence-corrected chi connectivity index (χ1v) is 10.0. The van der Waals surface area contributed by atoms with Crippen molar-refractivity contribution < 1.29 is 36.6 Å². The number of benzene rings is 3. The number of alkyl halides is 3. The molecule has 0 fully saturated rings. The number of hydrogen-bond acceptors (Lipinski definition) is 6. The number of para-hydroxylation sites is 2. The monoisotopic (exact) mass is 490 g/mol. The number of carbonyl (C=O) groups excluding carboxylic acids is 1. The van der Waals surface area contributed by atoms with E-state index >= 15 is 0 Å². The van der Waals surface area contributed by atoms with Crippen molar-refractivity contribution in [1.29, 1.82) is 0 Å². The lowest BCUT2D eigenvalue weighted by Crippen LogP contribution is -2.16. The van der Waals surface area contributed by atoms with Gasteiger partial charge in [0, 0.05) is 6.07 Å². The van der Waals surface area contributed by atoms with Crippen molar-refractivity contribution in [2.45, 2.75) is 6.18 Å². The number of carbonyl (C=O) groups is 1. The van der Waals surface area contributed by atoms with Gasteiger partial charge in [-0.15, -0.1) is 0 Å². The second-order valence-electron chi connectivity index (χ2n) is 6.87. The molecule has 0 radical (unpaired) electrons. The van der Waals surface area contributed by atoms with E-state index in [1.165, 1.54) is 49.6 Å². The van der Waals surface area contributed by atoms with Crippen molar-refractivity contribution in [3.63, 3.8) is 0 Å². The van der Waals surface area contributed by atoms with Gasteiger partial charge < -0.3 is 18.6 Å². The number of hydrogen-bond donors (Lipinski definition) is 0. The number of halogens is 4. The van der Waals surface area contributed by atoms with Crippen molar-refractivity contribution in [2.24, 2.45) is 0 Å². The Bertz CT molecular complexity index is 1450. The van der Waals surface area contributed by atoms with E-state index < -0.39 is 34.7 Å². The van der Waals surface area contributed by atoms with E-state index in [2.05, 4.69) is 0 Å². The molecule has 3 aromatic carbocycles. The predicted octanol–water partition coefficient (Wildman–Crippen LogP) is 6.49. The van der Waals surface area contributed by atoms with E-state index in [4.69, 9.17) is 30.2 Å². The van der Waals surface area contributed by atoms with Crippen molar-refractivity contribution in [3.05, 3.63) is 93.3 Å². The molecule has 0 amide bonds. The Balaban J connectivity index is 1.78. The van der Waals surface area contributed by atoms with Crippen molar-refractivity contribution >= 4 is 28.5 Å². The van der Waals surface area contributed by atoms with E-state index in [0.29, 0.717) is 0 Å². The maximum absolute atomic E-state index is 13.8. The van der Waals surface area contributed by atoms with Crippen LogP contribution in [0.2, 0.25) is 5.02 Å². The van der Waals surface area contributed by atoms with Gasteiger partial charge in [0.2, 0.25) is 11.2 Å². The summed E-state index contributed by atoms with van der Waals surface area (Å²) in [4.78, 5) is 25.3. The number of esters is 1. The van der Waals surface area contributed by atoms with Crippen LogP contribution < -0.4 is 19.6 Å². The topological polar surface area (TPSA) is 75.0 Å². The highest BCUT2D eigenvalue weighted by Crippen LogP contribution is 2.40. The minimum atomic E-state index is -5.06. The van der Waals surface area contributed by atoms with Gasteiger partial charge in [-0.1, -0.05) is 35.9 Å². The molecule has 174 valence electrons. The van der Waals surface area contributed by atoms with Gasteiger partial charge in [0.1, 0.15) is 11.3 Å². The Hall–Kier alpha value is -3.98. The third-order valence-electron chi connectivity index (χ3n) is 4.67. The predicted molar refractivity (Wildman–Crippen MR) is 117 cm³/mol. The zero-order chi connectivity index (χ0) is 24.5. The molecular formula is C24H14ClF3O6. The molecule has 4 aromatic rings. The molecule has 0 saturated carbocycles. The Labute approximate surface area is 195 Å². The van der Waals surface area contributed by atoms with E-state index in [0.717, 1.165) is 6.07 Å². The molecule has 0 aliphatic heterocycles. The van der Waals surface area contributed by atoms with Crippen molar-refractivity contribution in [3.8, 4) is 23.0 Å². The maximum Gasteiger partial charge on any atom is 0.453 e. The smallest absolute Gasteiger partial charge is 0.453 e. The first-order valence-electron chi connectivity index (χ1n) is 9.64. The average molecular weight is 491 g/mol. The van der Waals surface area contributed by atoms with E-state index in [-0.39, 0.29) is 33.2 Å². The number of fused-ring (bicyclic) bond motifs is 1. The molecule has 0 N–H and O–H groups in total. The van der Waals surface area contributed by atoms with Crippen LogP contribution >= 0.6 is 11.6 Å². The summed E-state index contributed by atoms with van der Waals surface area (Å²) in [7, 11) is 1.31. The first kappa shape index (κ1) is 23.2. The van der Waals surface area contributed by atoms with Crippen LogP contribution in [0.15, 0.2) is 75.9 Å². The van der Waals surface area contributed by atoms with Crippen LogP contribution in [-0.4, -0.2) is 13.1 Å². The molecule has 34 heavy (non-hydrogen) atoms. The van der Waals surface area contributed by atoms with E-state index in [1.54, 1.807) is 18.2 Å². The normalized spacial score (nSPS) is 11.3. The number of rotatable bonds is 5. The van der Waals surface area contributed by atoms with Gasteiger partial charge >= 0.3 is 12.1 Å². The summed E-state index contributed by atoms with van der Waals surface area (Å²) in [5.74, 6) is -3.66. The molecule has 0 atom stereocenters. The van der Waals surface area contributed by atoms with E-state index in [1.807, 2.05) is 0 Å². The quantitative estimate of drug-likeness (QED) is 0.235. The van der Waals surface area contributed by atoms with Crippen LogP contribution in [0.4, 0.5) is 13.2 Å². The summed E-state index contributed by atoms with van der Waals surface area (Å²) in [5.41, 5.74) is -1.46. The fourth-order valence-corrected chi connectivity index (χ4v) is 3.31. The first-order chi connectivity index (χ1) is 16.2. The van der Waals surface area contributed by atoms with Crippen LogP contribution in [0.3, 0.4) is 0 Å². The van der Waals surface area contributed by atoms with Crippen LogP contribution in [0.25, 0.3) is 11.0 Å². The van der Waals surface area contributed by atoms with Crippen LogP contribution in [0.1, 0.15) is 16.1 Å². The maximum atomic E-state index is 13.8. The average Bonchev–Trinajstić information content (AvgIpc) is 2.80. The lowest BCUT2D eigenvalue weighted by molar-refractivity contribution is -0.154. The second-order valence-corrected chi connectivity index (χ2v) is 7.27. The van der Waals surface area contributed by atoms with Crippen LogP contribution in [-0.2, 0) is 6.18 Å². The molecule has 0 spiro atoms. The molecule has 1 aromatic heterocycles. The summed E-state index contributed by atoms with van der Waals surface area (Å²) in [5, 5.41) is -0.0762. The second kappa shape index (κ2) is 9.11. The minimum Gasteiger partial charge on any atom is -0.493 e. The molecule has 0 bridgehead atoms. The molecule has 10 heteroatoms. The van der Waals surface area contributed by atoms with Gasteiger partial charge in [0.25, 0.3) is 5.76 Å². The third kappa shape index (κ3) is 4.55. The zero-order valence-corrected chi connectivity index (χ0v) is 18.1. The van der Waals surface area contributed by atoms with Gasteiger partial charge in [-0.05, 0) is 36.4 Å². The van der Waals surface area contributed by atoms with Gasteiger partial charge in [0.15, 0.2) is 11.5 Å². The highest BCUT2D eigenvalue weighted by molar-refractivity contribution is 6.33. The standard InChI is InChI=1S/C24H14ClF3O6/c1-31-17-8-4-5-9-18(17)33-21-20(29)15-11-10-13(12-19(15)34-22(21)24(26,27)28)32-23(30)14-6-2-3-7-16(14)25/h2-12H,1H3. The SMILES string of the molecule is COc1ccccc1Oc1c(C(F)(F)F)oc2cc(OC(=O)c3ccccc3Cl)ccc2c1=O. The summed E-state index contributed by atoms with van der Waals surface area (Å²) in [6.07, 6.45) is -5.06. The van der Waals surface area contributed by atoms with Gasteiger partial charge in [-0.25, -0.2) is 4.79 Å². The van der Waals surface area contributed by atoms with Crippen molar-refractivity contribution in [1.82, 2.24) is 0 Å². The summed E-state index contributed by atoms with van der Waals surface area (Å²) < 4.78 is 61.9. The lowest BCUT2D eigenvalue weighted by atomic mass is 10.2. The molecule has 0 aliphatic rings. The highest BCUT2D eigenvalue weighted by Gasteiger charge is 2.40.